The first-order chi connectivity index (χ1) is 9.39. The van der Waals surface area contributed by atoms with Gasteiger partial charge in [0.2, 0.25) is 5.91 Å². The van der Waals surface area contributed by atoms with Crippen molar-refractivity contribution in [2.45, 2.75) is 31.8 Å². The van der Waals surface area contributed by atoms with Gasteiger partial charge >= 0.3 is 0 Å². The number of aryl methyl sites for hydroxylation is 1. The summed E-state index contributed by atoms with van der Waals surface area (Å²) in [6.07, 6.45) is 2.60. The number of likely N-dealkylation sites (tertiary alicyclic amines) is 1. The molecule has 6 heteroatoms. The third kappa shape index (κ3) is 3.33. The Morgan fingerprint density at radius 2 is 2.30 bits per heavy atom. The van der Waals surface area contributed by atoms with E-state index in [2.05, 4.69) is 4.98 Å². The quantitative estimate of drug-likeness (QED) is 0.826. The number of carbonyl (C=O) groups is 2. The zero-order valence-corrected chi connectivity index (χ0v) is 11.5. The molecule has 1 aliphatic heterocycles. The fraction of sp³-hybridized carbons (Fsp3) is 0.500. The Morgan fingerprint density at radius 1 is 1.55 bits per heavy atom. The average molecular weight is 277 g/mol. The van der Waals surface area contributed by atoms with Crippen LogP contribution in [-0.4, -0.2) is 45.5 Å². The normalized spacial score (nSPS) is 22.6. The molecule has 108 valence electrons. The summed E-state index contributed by atoms with van der Waals surface area (Å²) in [5, 5.41) is 10.4. The Hall–Kier alpha value is -1.95. The van der Waals surface area contributed by atoms with Crippen LogP contribution in [0.2, 0.25) is 0 Å². The zero-order valence-electron chi connectivity index (χ0n) is 11.5. The number of piperidine rings is 1. The van der Waals surface area contributed by atoms with Gasteiger partial charge in [-0.25, -0.2) is 0 Å². The van der Waals surface area contributed by atoms with Crippen LogP contribution in [0.5, 0.6) is 0 Å². The van der Waals surface area contributed by atoms with Crippen molar-refractivity contribution in [1.29, 1.82) is 0 Å². The first kappa shape index (κ1) is 14.5. The highest BCUT2D eigenvalue weighted by atomic mass is 16.3. The molecule has 1 saturated heterocycles. The standard InChI is InChI=1S/C14H19N3O3/c1-10-7-11(3-5-16-10)13(19)17-6-2-4-14(20,9-17)8-12(15)18/h3,5,7,20H,2,4,6,8-9H2,1H3,(H2,15,18). The maximum Gasteiger partial charge on any atom is 0.254 e. The zero-order chi connectivity index (χ0) is 14.8. The number of rotatable bonds is 3. The van der Waals surface area contributed by atoms with Gasteiger partial charge in [-0.3, -0.25) is 14.6 Å². The predicted octanol–water partition coefficient (Wildman–Crippen LogP) is 0.233. The van der Waals surface area contributed by atoms with Gasteiger partial charge in [0.25, 0.3) is 5.91 Å². The van der Waals surface area contributed by atoms with Gasteiger partial charge in [-0.1, -0.05) is 0 Å². The van der Waals surface area contributed by atoms with Gasteiger partial charge in [0.1, 0.15) is 0 Å². The van der Waals surface area contributed by atoms with Crippen LogP contribution in [0.25, 0.3) is 0 Å². The predicted molar refractivity (Wildman–Crippen MR) is 72.9 cm³/mol. The molecule has 0 spiro atoms. The lowest BCUT2D eigenvalue weighted by Gasteiger charge is -2.38. The number of β-amino-alcohol motifs (C(OH)–C–C–N with tert-alkyl or cyclic N) is 1. The van der Waals surface area contributed by atoms with Crippen LogP contribution in [-0.2, 0) is 4.79 Å². The molecule has 0 bridgehead atoms. The van der Waals surface area contributed by atoms with Crippen LogP contribution in [0.1, 0.15) is 35.3 Å². The van der Waals surface area contributed by atoms with Crippen molar-refractivity contribution in [3.8, 4) is 0 Å². The SMILES string of the molecule is Cc1cc(C(=O)N2CCCC(O)(CC(N)=O)C2)ccn1. The van der Waals surface area contributed by atoms with Gasteiger partial charge in [-0.05, 0) is 31.9 Å². The van der Waals surface area contributed by atoms with E-state index in [1.54, 1.807) is 23.2 Å². The molecule has 0 saturated carbocycles. The number of hydrogen-bond acceptors (Lipinski definition) is 4. The molecular weight excluding hydrogens is 258 g/mol. The lowest BCUT2D eigenvalue weighted by atomic mass is 9.89. The lowest BCUT2D eigenvalue weighted by Crippen LogP contribution is -2.51. The van der Waals surface area contributed by atoms with Gasteiger partial charge < -0.3 is 15.7 Å². The summed E-state index contributed by atoms with van der Waals surface area (Å²) in [7, 11) is 0. The maximum absolute atomic E-state index is 12.4. The summed E-state index contributed by atoms with van der Waals surface area (Å²) in [5.41, 5.74) is 5.25. The van der Waals surface area contributed by atoms with Gasteiger partial charge in [0, 0.05) is 24.0 Å². The van der Waals surface area contributed by atoms with E-state index in [0.29, 0.717) is 24.9 Å². The number of pyridine rings is 1. The van der Waals surface area contributed by atoms with E-state index >= 15 is 0 Å². The molecule has 20 heavy (non-hydrogen) atoms. The molecular formula is C14H19N3O3. The summed E-state index contributed by atoms with van der Waals surface area (Å²) in [5.74, 6) is -0.709. The Labute approximate surface area is 117 Å². The summed E-state index contributed by atoms with van der Waals surface area (Å²) >= 11 is 0. The molecule has 0 aliphatic carbocycles. The number of carbonyl (C=O) groups excluding carboxylic acids is 2. The average Bonchev–Trinajstić information content (AvgIpc) is 2.36. The fourth-order valence-electron chi connectivity index (χ4n) is 2.62. The van der Waals surface area contributed by atoms with E-state index in [1.165, 1.54) is 0 Å². The number of amides is 2. The molecule has 1 aromatic heterocycles. The van der Waals surface area contributed by atoms with Crippen molar-refractivity contribution < 1.29 is 14.7 Å². The number of primary amides is 1. The molecule has 1 fully saturated rings. The third-order valence-corrected chi connectivity index (χ3v) is 3.49. The van der Waals surface area contributed by atoms with E-state index in [4.69, 9.17) is 5.73 Å². The second-order valence-corrected chi connectivity index (χ2v) is 5.38. The summed E-state index contributed by atoms with van der Waals surface area (Å²) in [6, 6.07) is 3.36. The summed E-state index contributed by atoms with van der Waals surface area (Å²) in [4.78, 5) is 29.0. The van der Waals surface area contributed by atoms with Crippen molar-refractivity contribution in [3.05, 3.63) is 29.6 Å². The number of nitrogens with zero attached hydrogens (tertiary/aromatic N) is 2. The lowest BCUT2D eigenvalue weighted by molar-refractivity contribution is -0.125. The second-order valence-electron chi connectivity index (χ2n) is 5.38. The van der Waals surface area contributed by atoms with Gasteiger partial charge in [-0.2, -0.15) is 0 Å². The van der Waals surface area contributed by atoms with Gasteiger partial charge in [0.15, 0.2) is 0 Å². The smallest absolute Gasteiger partial charge is 0.254 e. The van der Waals surface area contributed by atoms with Crippen molar-refractivity contribution in [2.75, 3.05) is 13.1 Å². The van der Waals surface area contributed by atoms with Crippen molar-refractivity contribution in [2.24, 2.45) is 5.73 Å². The molecule has 1 atom stereocenters. The first-order valence-corrected chi connectivity index (χ1v) is 6.62. The monoisotopic (exact) mass is 277 g/mol. The molecule has 2 rings (SSSR count). The van der Waals surface area contributed by atoms with E-state index in [9.17, 15) is 14.7 Å². The van der Waals surface area contributed by atoms with Crippen LogP contribution >= 0.6 is 0 Å². The molecule has 1 unspecified atom stereocenters. The number of nitrogens with two attached hydrogens (primary N) is 1. The minimum absolute atomic E-state index is 0.119. The fourth-order valence-corrected chi connectivity index (χ4v) is 2.62. The minimum Gasteiger partial charge on any atom is -0.388 e. The molecule has 1 aromatic rings. The van der Waals surface area contributed by atoms with Crippen LogP contribution in [0.15, 0.2) is 18.3 Å². The Balaban J connectivity index is 2.12. The minimum atomic E-state index is -1.21. The topological polar surface area (TPSA) is 96.5 Å². The number of aromatic nitrogens is 1. The van der Waals surface area contributed by atoms with Crippen molar-refractivity contribution >= 4 is 11.8 Å². The van der Waals surface area contributed by atoms with Crippen molar-refractivity contribution in [3.63, 3.8) is 0 Å². The molecule has 3 N–H and O–H groups in total. The Morgan fingerprint density at radius 3 is 2.95 bits per heavy atom. The summed E-state index contributed by atoms with van der Waals surface area (Å²) < 4.78 is 0. The van der Waals surface area contributed by atoms with E-state index < -0.39 is 11.5 Å². The van der Waals surface area contributed by atoms with E-state index in [-0.39, 0.29) is 18.9 Å². The van der Waals surface area contributed by atoms with E-state index in [1.807, 2.05) is 6.92 Å². The third-order valence-electron chi connectivity index (χ3n) is 3.49. The molecule has 0 aromatic carbocycles. The number of hydrogen-bond donors (Lipinski definition) is 2. The molecule has 1 aliphatic rings. The summed E-state index contributed by atoms with van der Waals surface area (Å²) in [6.45, 7) is 2.52. The van der Waals surface area contributed by atoms with Crippen LogP contribution in [0.3, 0.4) is 0 Å². The van der Waals surface area contributed by atoms with E-state index in [0.717, 1.165) is 5.69 Å². The Bertz CT molecular complexity index is 532. The van der Waals surface area contributed by atoms with Gasteiger partial charge in [0.05, 0.1) is 18.6 Å². The molecule has 2 heterocycles. The largest absolute Gasteiger partial charge is 0.388 e. The first-order valence-electron chi connectivity index (χ1n) is 6.62. The highest BCUT2D eigenvalue weighted by Gasteiger charge is 2.36. The molecule has 6 nitrogen and oxygen atoms in total. The van der Waals surface area contributed by atoms with Gasteiger partial charge in [-0.15, -0.1) is 0 Å². The number of aliphatic hydroxyl groups is 1. The Kier molecular flexibility index (Phi) is 4.04. The second kappa shape index (κ2) is 5.58. The molecule has 2 amide bonds. The van der Waals surface area contributed by atoms with Crippen molar-refractivity contribution in [1.82, 2.24) is 9.88 Å². The maximum atomic E-state index is 12.4. The molecule has 0 radical (unpaired) electrons. The van der Waals surface area contributed by atoms with Crippen LogP contribution < -0.4 is 5.73 Å². The highest BCUT2D eigenvalue weighted by molar-refractivity contribution is 5.94. The van der Waals surface area contributed by atoms with Crippen LogP contribution in [0, 0.1) is 6.92 Å². The van der Waals surface area contributed by atoms with Crippen LogP contribution in [0.4, 0.5) is 0 Å². The highest BCUT2D eigenvalue weighted by Crippen LogP contribution is 2.25.